The molecule has 0 aliphatic carbocycles. The Morgan fingerprint density at radius 3 is 2.50 bits per heavy atom. The predicted molar refractivity (Wildman–Crippen MR) is 104 cm³/mol. The molecule has 1 N–H and O–H groups in total. The monoisotopic (exact) mass is 369 g/mol. The van der Waals surface area contributed by atoms with Crippen LogP contribution in [0.25, 0.3) is 11.0 Å². The van der Waals surface area contributed by atoms with Crippen LogP contribution in [0.2, 0.25) is 5.02 Å². The van der Waals surface area contributed by atoms with Crippen molar-refractivity contribution < 1.29 is 9.15 Å². The second kappa shape index (κ2) is 5.78. The van der Waals surface area contributed by atoms with Crippen LogP contribution >= 0.6 is 11.6 Å². The molecule has 1 aliphatic heterocycles. The SMILES string of the molecule is CC1(Nc2ccccc2Cl)CC(C)(C)c2c(c3ccccc3oc2=O)O1. The summed E-state index contributed by atoms with van der Waals surface area (Å²) in [4.78, 5) is 12.6. The lowest BCUT2D eigenvalue weighted by molar-refractivity contribution is 0.0615. The molecule has 4 rings (SSSR count). The Labute approximate surface area is 156 Å². The Balaban J connectivity index is 1.88. The van der Waals surface area contributed by atoms with Crippen molar-refractivity contribution >= 4 is 28.3 Å². The van der Waals surface area contributed by atoms with E-state index < -0.39 is 11.1 Å². The Morgan fingerprint density at radius 2 is 1.73 bits per heavy atom. The van der Waals surface area contributed by atoms with Gasteiger partial charge in [-0.3, -0.25) is 0 Å². The van der Waals surface area contributed by atoms with Crippen LogP contribution in [0.1, 0.15) is 32.8 Å². The number of para-hydroxylation sites is 2. The first-order chi connectivity index (χ1) is 12.3. The molecule has 5 heteroatoms. The number of benzene rings is 2. The summed E-state index contributed by atoms with van der Waals surface area (Å²) in [6, 6.07) is 15.0. The molecule has 0 saturated carbocycles. The number of rotatable bonds is 2. The number of hydrogen-bond acceptors (Lipinski definition) is 4. The van der Waals surface area contributed by atoms with Gasteiger partial charge in [-0.25, -0.2) is 4.79 Å². The molecule has 0 radical (unpaired) electrons. The second-order valence-electron chi connectivity index (χ2n) is 7.59. The third kappa shape index (κ3) is 2.74. The maximum atomic E-state index is 12.6. The van der Waals surface area contributed by atoms with E-state index in [1.54, 1.807) is 6.07 Å². The number of ether oxygens (including phenoxy) is 1. The fourth-order valence-corrected chi connectivity index (χ4v) is 4.10. The Bertz CT molecular complexity index is 1060. The molecule has 1 unspecified atom stereocenters. The van der Waals surface area contributed by atoms with Gasteiger partial charge in [0.15, 0.2) is 5.72 Å². The summed E-state index contributed by atoms with van der Waals surface area (Å²) >= 11 is 6.31. The first-order valence-electron chi connectivity index (χ1n) is 8.57. The summed E-state index contributed by atoms with van der Waals surface area (Å²) in [6.07, 6.45) is 0.585. The van der Waals surface area contributed by atoms with Gasteiger partial charge in [0.1, 0.15) is 11.3 Å². The lowest BCUT2D eigenvalue weighted by Crippen LogP contribution is -2.51. The fourth-order valence-electron chi connectivity index (χ4n) is 3.92. The molecule has 0 bridgehead atoms. The number of fused-ring (bicyclic) bond motifs is 3. The van der Waals surface area contributed by atoms with Crippen LogP contribution in [0.5, 0.6) is 5.75 Å². The van der Waals surface area contributed by atoms with E-state index in [0.717, 1.165) is 11.1 Å². The molecule has 1 atom stereocenters. The highest BCUT2D eigenvalue weighted by atomic mass is 35.5. The zero-order chi connectivity index (χ0) is 18.5. The van der Waals surface area contributed by atoms with Gasteiger partial charge in [-0.1, -0.05) is 49.7 Å². The minimum absolute atomic E-state index is 0.344. The van der Waals surface area contributed by atoms with Gasteiger partial charge in [-0.2, -0.15) is 0 Å². The highest BCUT2D eigenvalue weighted by Gasteiger charge is 2.45. The van der Waals surface area contributed by atoms with Crippen molar-refractivity contribution in [2.24, 2.45) is 0 Å². The van der Waals surface area contributed by atoms with E-state index in [1.807, 2.05) is 63.2 Å². The van der Waals surface area contributed by atoms with Crippen molar-refractivity contribution in [3.05, 3.63) is 69.5 Å². The molecule has 0 fully saturated rings. The predicted octanol–water partition coefficient (Wildman–Crippen LogP) is 5.33. The molecule has 0 amide bonds. The van der Waals surface area contributed by atoms with Gasteiger partial charge in [0.2, 0.25) is 0 Å². The first kappa shape index (κ1) is 17.0. The fraction of sp³-hybridized carbons (Fsp3) is 0.286. The molecule has 0 spiro atoms. The molecule has 134 valence electrons. The van der Waals surface area contributed by atoms with Crippen molar-refractivity contribution in [1.82, 2.24) is 0 Å². The van der Waals surface area contributed by atoms with Crippen LogP contribution in [0.4, 0.5) is 5.69 Å². The van der Waals surface area contributed by atoms with Gasteiger partial charge >= 0.3 is 5.63 Å². The normalized spacial score (nSPS) is 21.1. The summed E-state index contributed by atoms with van der Waals surface area (Å²) in [5, 5.41) is 4.84. The zero-order valence-corrected chi connectivity index (χ0v) is 15.7. The van der Waals surface area contributed by atoms with Gasteiger partial charge in [0.05, 0.1) is 21.7 Å². The van der Waals surface area contributed by atoms with Crippen molar-refractivity contribution in [2.75, 3.05) is 5.32 Å². The van der Waals surface area contributed by atoms with Crippen LogP contribution in [-0.4, -0.2) is 5.72 Å². The molecule has 1 aromatic heterocycles. The lowest BCUT2D eigenvalue weighted by atomic mass is 9.76. The molecule has 0 saturated heterocycles. The Kier molecular flexibility index (Phi) is 3.77. The summed E-state index contributed by atoms with van der Waals surface area (Å²) in [7, 11) is 0. The maximum absolute atomic E-state index is 12.6. The van der Waals surface area contributed by atoms with Gasteiger partial charge < -0.3 is 14.5 Å². The van der Waals surface area contributed by atoms with Crippen molar-refractivity contribution in [1.29, 1.82) is 0 Å². The third-order valence-electron chi connectivity index (χ3n) is 4.82. The number of nitrogens with one attached hydrogen (secondary N) is 1. The van der Waals surface area contributed by atoms with E-state index in [0.29, 0.717) is 28.3 Å². The molecule has 3 aromatic rings. The summed E-state index contributed by atoms with van der Waals surface area (Å²) in [5.41, 5.74) is 0.398. The first-order valence-corrected chi connectivity index (χ1v) is 8.95. The average molecular weight is 370 g/mol. The average Bonchev–Trinajstić information content (AvgIpc) is 2.55. The van der Waals surface area contributed by atoms with E-state index >= 15 is 0 Å². The minimum Gasteiger partial charge on any atom is -0.467 e. The van der Waals surface area contributed by atoms with Crippen LogP contribution in [-0.2, 0) is 5.41 Å². The Morgan fingerprint density at radius 1 is 1.04 bits per heavy atom. The Hall–Kier alpha value is -2.46. The molecule has 1 aliphatic rings. The highest BCUT2D eigenvalue weighted by molar-refractivity contribution is 6.33. The molecular weight excluding hydrogens is 350 g/mol. The van der Waals surface area contributed by atoms with Crippen LogP contribution in [0.15, 0.2) is 57.7 Å². The number of hydrogen-bond donors (Lipinski definition) is 1. The van der Waals surface area contributed by atoms with E-state index in [9.17, 15) is 4.79 Å². The van der Waals surface area contributed by atoms with Gasteiger partial charge in [0.25, 0.3) is 0 Å². The van der Waals surface area contributed by atoms with Crippen LogP contribution in [0.3, 0.4) is 0 Å². The largest absolute Gasteiger partial charge is 0.467 e. The lowest BCUT2D eigenvalue weighted by Gasteiger charge is -2.44. The van der Waals surface area contributed by atoms with Gasteiger partial charge in [-0.15, -0.1) is 0 Å². The standard InChI is InChI=1S/C21H20ClNO3/c1-20(2)12-21(3,23-15-10-6-5-9-14(15)22)26-18-13-8-4-7-11-16(13)25-19(24)17(18)20/h4-11,23H,12H2,1-3H3. The summed E-state index contributed by atoms with van der Waals surface area (Å²) in [6.45, 7) is 6.05. The molecule has 26 heavy (non-hydrogen) atoms. The van der Waals surface area contributed by atoms with E-state index in [2.05, 4.69) is 5.32 Å². The van der Waals surface area contributed by atoms with Crippen molar-refractivity contribution in [3.8, 4) is 5.75 Å². The smallest absolute Gasteiger partial charge is 0.343 e. The minimum atomic E-state index is -0.724. The van der Waals surface area contributed by atoms with Gasteiger partial charge in [-0.05, 0) is 31.2 Å². The number of anilines is 1. The maximum Gasteiger partial charge on any atom is 0.343 e. The third-order valence-corrected chi connectivity index (χ3v) is 5.15. The summed E-state index contributed by atoms with van der Waals surface area (Å²) < 4.78 is 11.9. The molecule has 4 nitrogen and oxygen atoms in total. The van der Waals surface area contributed by atoms with E-state index in [1.165, 1.54) is 0 Å². The van der Waals surface area contributed by atoms with Crippen molar-refractivity contribution in [3.63, 3.8) is 0 Å². The topological polar surface area (TPSA) is 51.5 Å². The zero-order valence-electron chi connectivity index (χ0n) is 14.9. The molecular formula is C21H20ClNO3. The molecule has 2 aromatic carbocycles. The second-order valence-corrected chi connectivity index (χ2v) is 8.00. The van der Waals surface area contributed by atoms with Gasteiger partial charge in [0, 0.05) is 11.8 Å². The highest BCUT2D eigenvalue weighted by Crippen LogP contribution is 2.46. The van der Waals surface area contributed by atoms with Crippen LogP contribution in [0, 0.1) is 0 Å². The van der Waals surface area contributed by atoms with Crippen LogP contribution < -0.4 is 15.7 Å². The summed E-state index contributed by atoms with van der Waals surface area (Å²) in [5.74, 6) is 0.579. The van der Waals surface area contributed by atoms with E-state index in [-0.39, 0.29) is 5.63 Å². The quantitative estimate of drug-likeness (QED) is 0.620. The molecule has 2 heterocycles. The van der Waals surface area contributed by atoms with Crippen molar-refractivity contribution in [2.45, 2.75) is 38.3 Å². The number of halogens is 1. The van der Waals surface area contributed by atoms with E-state index in [4.69, 9.17) is 20.8 Å².